The van der Waals surface area contributed by atoms with Crippen LogP contribution in [-0.4, -0.2) is 17.7 Å². The van der Waals surface area contributed by atoms with E-state index in [0.717, 1.165) is 18.6 Å². The molecule has 1 N–H and O–H groups in total. The van der Waals surface area contributed by atoms with Gasteiger partial charge in [-0.05, 0) is 48.9 Å². The van der Waals surface area contributed by atoms with Gasteiger partial charge in [0, 0.05) is 5.41 Å². The average molecular weight is 262 g/mol. The standard InChI is InChI=1S/C16H22O3/c1-11(2)14-5-4-13(8-12(14)3)19-10-16(6-7-16)9-15(17)18/h4-5,8,11H,6-7,9-10H2,1-3H3,(H,17,18). The molecule has 2 rings (SSSR count). The molecule has 0 saturated heterocycles. The summed E-state index contributed by atoms with van der Waals surface area (Å²) in [5, 5.41) is 8.87. The summed E-state index contributed by atoms with van der Waals surface area (Å²) in [7, 11) is 0. The molecule has 104 valence electrons. The van der Waals surface area contributed by atoms with Gasteiger partial charge in [0.15, 0.2) is 0 Å². The van der Waals surface area contributed by atoms with Crippen LogP contribution in [0.15, 0.2) is 18.2 Å². The van der Waals surface area contributed by atoms with E-state index in [4.69, 9.17) is 9.84 Å². The molecule has 0 aliphatic heterocycles. The van der Waals surface area contributed by atoms with Crippen LogP contribution in [0.1, 0.15) is 50.2 Å². The van der Waals surface area contributed by atoms with E-state index in [1.807, 2.05) is 12.1 Å². The molecule has 0 amide bonds. The Kier molecular flexibility index (Phi) is 3.83. The Morgan fingerprint density at radius 3 is 2.58 bits per heavy atom. The molecular formula is C16H22O3. The van der Waals surface area contributed by atoms with Gasteiger partial charge in [-0.25, -0.2) is 0 Å². The van der Waals surface area contributed by atoms with Crippen LogP contribution in [0.3, 0.4) is 0 Å². The predicted molar refractivity (Wildman–Crippen MR) is 74.7 cm³/mol. The maximum absolute atomic E-state index is 10.8. The number of ether oxygens (including phenoxy) is 1. The molecule has 1 aromatic carbocycles. The molecule has 1 aromatic rings. The monoisotopic (exact) mass is 262 g/mol. The number of hydrogen-bond acceptors (Lipinski definition) is 2. The van der Waals surface area contributed by atoms with E-state index in [0.29, 0.717) is 12.5 Å². The van der Waals surface area contributed by atoms with E-state index in [1.165, 1.54) is 11.1 Å². The third-order valence-electron chi connectivity index (χ3n) is 3.89. The third-order valence-corrected chi connectivity index (χ3v) is 3.89. The van der Waals surface area contributed by atoms with Crippen molar-refractivity contribution >= 4 is 5.97 Å². The van der Waals surface area contributed by atoms with Gasteiger partial charge in [-0.2, -0.15) is 0 Å². The molecule has 0 unspecified atom stereocenters. The van der Waals surface area contributed by atoms with Crippen LogP contribution in [0.4, 0.5) is 0 Å². The maximum atomic E-state index is 10.8. The first-order valence-electron chi connectivity index (χ1n) is 6.87. The molecule has 1 aliphatic rings. The molecule has 1 aliphatic carbocycles. The predicted octanol–water partition coefficient (Wildman–Crippen LogP) is 3.75. The quantitative estimate of drug-likeness (QED) is 0.849. The topological polar surface area (TPSA) is 46.5 Å². The highest BCUT2D eigenvalue weighted by molar-refractivity contribution is 5.68. The average Bonchev–Trinajstić information content (AvgIpc) is 3.05. The lowest BCUT2D eigenvalue weighted by molar-refractivity contribution is -0.138. The Morgan fingerprint density at radius 2 is 2.11 bits per heavy atom. The fourth-order valence-corrected chi connectivity index (χ4v) is 2.49. The van der Waals surface area contributed by atoms with E-state index in [9.17, 15) is 4.79 Å². The minimum atomic E-state index is -0.729. The molecule has 0 aromatic heterocycles. The van der Waals surface area contributed by atoms with Gasteiger partial charge in [0.25, 0.3) is 0 Å². The van der Waals surface area contributed by atoms with Crippen molar-refractivity contribution < 1.29 is 14.6 Å². The maximum Gasteiger partial charge on any atom is 0.304 e. The summed E-state index contributed by atoms with van der Waals surface area (Å²) in [4.78, 5) is 10.8. The van der Waals surface area contributed by atoms with E-state index in [-0.39, 0.29) is 11.8 Å². The van der Waals surface area contributed by atoms with Crippen LogP contribution in [-0.2, 0) is 4.79 Å². The zero-order valence-corrected chi connectivity index (χ0v) is 11.9. The minimum absolute atomic E-state index is 0.115. The van der Waals surface area contributed by atoms with Gasteiger partial charge in [0.05, 0.1) is 13.0 Å². The normalized spacial score (nSPS) is 16.4. The zero-order chi connectivity index (χ0) is 14.0. The van der Waals surface area contributed by atoms with Crippen LogP contribution in [0.2, 0.25) is 0 Å². The lowest BCUT2D eigenvalue weighted by atomic mass is 9.98. The lowest BCUT2D eigenvalue weighted by Crippen LogP contribution is -2.17. The summed E-state index contributed by atoms with van der Waals surface area (Å²) >= 11 is 0. The Balaban J connectivity index is 1.97. The number of carbonyl (C=O) groups is 1. The summed E-state index contributed by atoms with van der Waals surface area (Å²) in [6.45, 7) is 6.95. The van der Waals surface area contributed by atoms with Crippen LogP contribution >= 0.6 is 0 Å². The number of benzene rings is 1. The highest BCUT2D eigenvalue weighted by Crippen LogP contribution is 2.49. The summed E-state index contributed by atoms with van der Waals surface area (Å²) in [5.74, 6) is 0.627. The van der Waals surface area contributed by atoms with Crippen LogP contribution < -0.4 is 4.74 Å². The molecule has 0 atom stereocenters. The first-order chi connectivity index (χ1) is 8.92. The van der Waals surface area contributed by atoms with Gasteiger partial charge in [0.2, 0.25) is 0 Å². The lowest BCUT2D eigenvalue weighted by Gasteiger charge is -2.16. The number of hydrogen-bond donors (Lipinski definition) is 1. The molecule has 1 fully saturated rings. The van der Waals surface area contributed by atoms with Gasteiger partial charge in [0.1, 0.15) is 5.75 Å². The fourth-order valence-electron chi connectivity index (χ4n) is 2.49. The molecule has 0 heterocycles. The number of rotatable bonds is 6. The van der Waals surface area contributed by atoms with Crippen molar-refractivity contribution in [2.45, 2.75) is 46.0 Å². The largest absolute Gasteiger partial charge is 0.493 e. The molecule has 0 spiro atoms. The highest BCUT2D eigenvalue weighted by atomic mass is 16.5. The smallest absolute Gasteiger partial charge is 0.304 e. The summed E-state index contributed by atoms with van der Waals surface area (Å²) < 4.78 is 5.79. The van der Waals surface area contributed by atoms with Crippen LogP contribution in [0.5, 0.6) is 5.75 Å². The number of aliphatic carboxylic acids is 1. The second kappa shape index (κ2) is 5.24. The fraction of sp³-hybridized carbons (Fsp3) is 0.562. The zero-order valence-electron chi connectivity index (χ0n) is 11.9. The van der Waals surface area contributed by atoms with Gasteiger partial charge in [-0.15, -0.1) is 0 Å². The van der Waals surface area contributed by atoms with Crippen LogP contribution in [0.25, 0.3) is 0 Å². The van der Waals surface area contributed by atoms with E-state index in [1.54, 1.807) is 0 Å². The highest BCUT2D eigenvalue weighted by Gasteiger charge is 2.45. The van der Waals surface area contributed by atoms with Crippen molar-refractivity contribution in [3.8, 4) is 5.75 Å². The SMILES string of the molecule is Cc1cc(OCC2(CC(=O)O)CC2)ccc1C(C)C. The van der Waals surface area contributed by atoms with Crippen LogP contribution in [0, 0.1) is 12.3 Å². The number of aryl methyl sites for hydroxylation is 1. The summed E-state index contributed by atoms with van der Waals surface area (Å²) in [5.41, 5.74) is 2.45. The van der Waals surface area contributed by atoms with E-state index in [2.05, 4.69) is 26.8 Å². The van der Waals surface area contributed by atoms with Gasteiger partial charge >= 0.3 is 5.97 Å². The number of carboxylic acid groups (broad SMARTS) is 1. The molecule has 0 bridgehead atoms. The van der Waals surface area contributed by atoms with Gasteiger partial charge < -0.3 is 9.84 Å². The Hall–Kier alpha value is -1.51. The summed E-state index contributed by atoms with van der Waals surface area (Å²) in [6, 6.07) is 6.14. The molecular weight excluding hydrogens is 240 g/mol. The summed E-state index contributed by atoms with van der Waals surface area (Å²) in [6.07, 6.45) is 2.14. The molecule has 0 radical (unpaired) electrons. The minimum Gasteiger partial charge on any atom is -0.493 e. The Morgan fingerprint density at radius 1 is 1.42 bits per heavy atom. The second-order valence-electron chi connectivity index (χ2n) is 6.03. The van der Waals surface area contributed by atoms with Crippen molar-refractivity contribution in [1.82, 2.24) is 0 Å². The third kappa shape index (κ3) is 3.49. The first-order valence-corrected chi connectivity index (χ1v) is 6.87. The van der Waals surface area contributed by atoms with Crippen molar-refractivity contribution in [3.05, 3.63) is 29.3 Å². The van der Waals surface area contributed by atoms with E-state index < -0.39 is 5.97 Å². The molecule has 3 nitrogen and oxygen atoms in total. The van der Waals surface area contributed by atoms with Crippen molar-refractivity contribution in [2.75, 3.05) is 6.61 Å². The Labute approximate surface area is 114 Å². The number of carboxylic acids is 1. The van der Waals surface area contributed by atoms with Crippen molar-refractivity contribution in [2.24, 2.45) is 5.41 Å². The second-order valence-corrected chi connectivity index (χ2v) is 6.03. The van der Waals surface area contributed by atoms with Gasteiger partial charge in [-0.1, -0.05) is 19.9 Å². The first kappa shape index (κ1) is 13.9. The van der Waals surface area contributed by atoms with E-state index >= 15 is 0 Å². The molecule has 3 heteroatoms. The molecule has 1 saturated carbocycles. The van der Waals surface area contributed by atoms with Gasteiger partial charge in [-0.3, -0.25) is 4.79 Å². The van der Waals surface area contributed by atoms with Crippen molar-refractivity contribution in [3.63, 3.8) is 0 Å². The Bertz CT molecular complexity index is 473. The molecule has 19 heavy (non-hydrogen) atoms. The van der Waals surface area contributed by atoms with Crippen molar-refractivity contribution in [1.29, 1.82) is 0 Å².